The van der Waals surface area contributed by atoms with E-state index in [1.807, 2.05) is 13.8 Å². The fourth-order valence-electron chi connectivity index (χ4n) is 1.06. The first kappa shape index (κ1) is 12.2. The third kappa shape index (κ3) is 3.61. The van der Waals surface area contributed by atoms with E-state index in [0.717, 1.165) is 6.42 Å². The third-order valence-corrected chi connectivity index (χ3v) is 2.56. The molecule has 0 radical (unpaired) electrons. The zero-order valence-electron chi connectivity index (χ0n) is 8.81. The molecule has 0 spiro atoms. The highest BCUT2D eigenvalue weighted by Gasteiger charge is 2.28. The van der Waals surface area contributed by atoms with Crippen LogP contribution in [-0.4, -0.2) is 12.3 Å². The molecule has 0 aromatic rings. The normalized spacial score (nSPS) is 14.2. The van der Waals surface area contributed by atoms with E-state index >= 15 is 0 Å². The highest BCUT2D eigenvalue weighted by atomic mass is 16.1. The Morgan fingerprint density at radius 2 is 2.15 bits per heavy atom. The van der Waals surface area contributed by atoms with Crippen LogP contribution in [-0.2, 0) is 4.79 Å². The Bertz CT molecular complexity index is 218. The maximum atomic E-state index is 11.7. The quantitative estimate of drug-likeness (QED) is 0.656. The molecule has 0 aromatic heterocycles. The average molecular weight is 181 g/mol. The van der Waals surface area contributed by atoms with Gasteiger partial charge in [-0.05, 0) is 13.3 Å². The van der Waals surface area contributed by atoms with Gasteiger partial charge >= 0.3 is 0 Å². The molecule has 2 N–H and O–H groups in total. The van der Waals surface area contributed by atoms with E-state index in [4.69, 9.17) is 5.73 Å². The number of Topliss-reactive ketones (excluding diaryl/α,β-unsaturated/α-hetero) is 1. The standard InChI is InChI=1S/C11H19NO/c1-4-6-7-8-10(13)11(3,5-2)9-12/h5,7-9,12H2,1-3H3. The number of hydrogen-bond donors (Lipinski definition) is 1. The molecule has 1 atom stereocenters. The SMILES string of the molecule is CC#CCCC(=O)C(C)(CC)CN. The van der Waals surface area contributed by atoms with Crippen LogP contribution in [0.4, 0.5) is 0 Å². The summed E-state index contributed by atoms with van der Waals surface area (Å²) < 4.78 is 0. The molecular formula is C11H19NO. The molecule has 0 bridgehead atoms. The predicted molar refractivity (Wildman–Crippen MR) is 55.1 cm³/mol. The molecule has 0 amide bonds. The molecule has 0 aliphatic carbocycles. The number of rotatable bonds is 5. The summed E-state index contributed by atoms with van der Waals surface area (Å²) in [5.41, 5.74) is 5.23. The van der Waals surface area contributed by atoms with Gasteiger partial charge in [-0.3, -0.25) is 4.79 Å². The van der Waals surface area contributed by atoms with Crippen LogP contribution in [0.2, 0.25) is 0 Å². The molecule has 2 heteroatoms. The van der Waals surface area contributed by atoms with Crippen molar-refractivity contribution < 1.29 is 4.79 Å². The van der Waals surface area contributed by atoms with Crippen LogP contribution in [0, 0.1) is 17.3 Å². The highest BCUT2D eigenvalue weighted by Crippen LogP contribution is 2.22. The first-order valence-electron chi connectivity index (χ1n) is 4.73. The second-order valence-corrected chi connectivity index (χ2v) is 3.47. The molecule has 0 heterocycles. The summed E-state index contributed by atoms with van der Waals surface area (Å²) in [4.78, 5) is 11.7. The first-order chi connectivity index (χ1) is 6.10. The Morgan fingerprint density at radius 3 is 2.54 bits per heavy atom. The minimum atomic E-state index is -0.338. The van der Waals surface area contributed by atoms with Crippen molar-refractivity contribution in [1.82, 2.24) is 0 Å². The summed E-state index contributed by atoms with van der Waals surface area (Å²) >= 11 is 0. The molecule has 0 aliphatic heterocycles. The molecule has 0 saturated heterocycles. The summed E-state index contributed by atoms with van der Waals surface area (Å²) in [6, 6.07) is 0. The van der Waals surface area contributed by atoms with Crippen molar-refractivity contribution in [3.8, 4) is 11.8 Å². The second kappa shape index (κ2) is 5.77. The van der Waals surface area contributed by atoms with Crippen LogP contribution >= 0.6 is 0 Å². The summed E-state index contributed by atoms with van der Waals surface area (Å²) in [5, 5.41) is 0. The average Bonchev–Trinajstić information content (AvgIpc) is 2.17. The van der Waals surface area contributed by atoms with E-state index < -0.39 is 0 Å². The lowest BCUT2D eigenvalue weighted by Gasteiger charge is -2.23. The number of ketones is 1. The minimum Gasteiger partial charge on any atom is -0.329 e. The number of hydrogen-bond acceptors (Lipinski definition) is 2. The van der Waals surface area contributed by atoms with E-state index in [1.54, 1.807) is 6.92 Å². The minimum absolute atomic E-state index is 0.236. The van der Waals surface area contributed by atoms with Gasteiger partial charge in [-0.2, -0.15) is 0 Å². The molecule has 74 valence electrons. The number of carbonyl (C=O) groups excluding carboxylic acids is 1. The van der Waals surface area contributed by atoms with Gasteiger partial charge in [0.2, 0.25) is 0 Å². The van der Waals surface area contributed by atoms with Gasteiger partial charge in [-0.15, -0.1) is 11.8 Å². The Labute approximate surface area is 80.9 Å². The molecule has 0 fully saturated rings. The third-order valence-electron chi connectivity index (χ3n) is 2.56. The molecule has 2 nitrogen and oxygen atoms in total. The van der Waals surface area contributed by atoms with Gasteiger partial charge < -0.3 is 5.73 Å². The lowest BCUT2D eigenvalue weighted by atomic mass is 9.81. The Balaban J connectivity index is 4.12. The van der Waals surface area contributed by atoms with Crippen molar-refractivity contribution in [3.63, 3.8) is 0 Å². The Morgan fingerprint density at radius 1 is 1.54 bits per heavy atom. The smallest absolute Gasteiger partial charge is 0.140 e. The van der Waals surface area contributed by atoms with E-state index in [-0.39, 0.29) is 11.2 Å². The first-order valence-corrected chi connectivity index (χ1v) is 4.73. The van der Waals surface area contributed by atoms with Crippen molar-refractivity contribution in [2.24, 2.45) is 11.1 Å². The van der Waals surface area contributed by atoms with Gasteiger partial charge in [0.25, 0.3) is 0 Å². The zero-order valence-corrected chi connectivity index (χ0v) is 8.81. The van der Waals surface area contributed by atoms with Gasteiger partial charge in [0.1, 0.15) is 5.78 Å². The van der Waals surface area contributed by atoms with Crippen LogP contribution in [0.3, 0.4) is 0 Å². The monoisotopic (exact) mass is 181 g/mol. The number of carbonyl (C=O) groups is 1. The van der Waals surface area contributed by atoms with Crippen LogP contribution in [0.25, 0.3) is 0 Å². The zero-order chi connectivity index (χ0) is 10.3. The van der Waals surface area contributed by atoms with Gasteiger partial charge in [0, 0.05) is 24.8 Å². The van der Waals surface area contributed by atoms with Crippen molar-refractivity contribution in [1.29, 1.82) is 0 Å². The summed E-state index contributed by atoms with van der Waals surface area (Å²) in [5.74, 6) is 5.90. The predicted octanol–water partition coefficient (Wildman–Crippen LogP) is 1.73. The fraction of sp³-hybridized carbons (Fsp3) is 0.727. The molecule has 13 heavy (non-hydrogen) atoms. The summed E-state index contributed by atoms with van der Waals surface area (Å²) in [6.07, 6.45) is 2.00. The fourth-order valence-corrected chi connectivity index (χ4v) is 1.06. The van der Waals surface area contributed by atoms with Crippen LogP contribution < -0.4 is 5.73 Å². The van der Waals surface area contributed by atoms with Crippen LogP contribution in [0.5, 0.6) is 0 Å². The largest absolute Gasteiger partial charge is 0.329 e. The molecule has 0 aromatic carbocycles. The lowest BCUT2D eigenvalue weighted by molar-refractivity contribution is -0.127. The van der Waals surface area contributed by atoms with Crippen molar-refractivity contribution in [2.45, 2.75) is 40.0 Å². The van der Waals surface area contributed by atoms with Crippen molar-refractivity contribution in [2.75, 3.05) is 6.54 Å². The topological polar surface area (TPSA) is 43.1 Å². The van der Waals surface area contributed by atoms with E-state index in [2.05, 4.69) is 11.8 Å². The maximum Gasteiger partial charge on any atom is 0.140 e. The van der Waals surface area contributed by atoms with E-state index in [0.29, 0.717) is 19.4 Å². The van der Waals surface area contributed by atoms with E-state index in [1.165, 1.54) is 0 Å². The second-order valence-electron chi connectivity index (χ2n) is 3.47. The van der Waals surface area contributed by atoms with Crippen LogP contribution in [0.1, 0.15) is 40.0 Å². The molecule has 0 aliphatic rings. The van der Waals surface area contributed by atoms with E-state index in [9.17, 15) is 4.79 Å². The summed E-state index contributed by atoms with van der Waals surface area (Å²) in [7, 11) is 0. The number of nitrogens with two attached hydrogens (primary N) is 1. The Kier molecular flexibility index (Phi) is 5.41. The Hall–Kier alpha value is -0.810. The molecular weight excluding hydrogens is 162 g/mol. The van der Waals surface area contributed by atoms with Gasteiger partial charge in [-0.25, -0.2) is 0 Å². The molecule has 0 rings (SSSR count). The van der Waals surface area contributed by atoms with Crippen molar-refractivity contribution >= 4 is 5.78 Å². The van der Waals surface area contributed by atoms with Gasteiger partial charge in [0.05, 0.1) is 0 Å². The van der Waals surface area contributed by atoms with Gasteiger partial charge in [-0.1, -0.05) is 13.8 Å². The lowest BCUT2D eigenvalue weighted by Crippen LogP contribution is -2.35. The van der Waals surface area contributed by atoms with Crippen molar-refractivity contribution in [3.05, 3.63) is 0 Å². The molecule has 0 saturated carbocycles. The molecule has 1 unspecified atom stereocenters. The van der Waals surface area contributed by atoms with Crippen LogP contribution in [0.15, 0.2) is 0 Å². The summed E-state index contributed by atoms with van der Waals surface area (Å²) in [6.45, 7) is 6.14. The van der Waals surface area contributed by atoms with Gasteiger partial charge in [0.15, 0.2) is 0 Å². The highest BCUT2D eigenvalue weighted by molar-refractivity contribution is 5.84. The maximum absolute atomic E-state index is 11.7.